The summed E-state index contributed by atoms with van der Waals surface area (Å²) in [5, 5.41) is 0. The van der Waals surface area contributed by atoms with Gasteiger partial charge in [0, 0.05) is 20.6 Å². The van der Waals surface area contributed by atoms with Gasteiger partial charge in [-0.05, 0) is 19.3 Å². The zero-order chi connectivity index (χ0) is 21.9. The van der Waals surface area contributed by atoms with Crippen molar-refractivity contribution in [3.63, 3.8) is 0 Å². The molecule has 1 aliphatic heterocycles. The second-order valence-corrected chi connectivity index (χ2v) is 8.39. The second-order valence-electron chi connectivity index (χ2n) is 8.39. The normalized spacial score (nSPS) is 20.9. The molecule has 5 nitrogen and oxygen atoms in total. The molecule has 30 heavy (non-hydrogen) atoms. The number of hydrogen-bond donors (Lipinski definition) is 0. The number of ether oxygens (including phenoxy) is 5. The topological polar surface area (TPSA) is 46.2 Å². The van der Waals surface area contributed by atoms with Crippen molar-refractivity contribution in [3.05, 3.63) is 0 Å². The zero-order valence-electron chi connectivity index (χ0n) is 19.7. The van der Waals surface area contributed by atoms with E-state index in [2.05, 4.69) is 12.8 Å². The Morgan fingerprint density at radius 1 is 0.800 bits per heavy atom. The van der Waals surface area contributed by atoms with Gasteiger partial charge < -0.3 is 23.7 Å². The van der Waals surface area contributed by atoms with E-state index >= 15 is 0 Å². The van der Waals surface area contributed by atoms with E-state index < -0.39 is 0 Å². The Kier molecular flexibility index (Phi) is 17.4. The summed E-state index contributed by atoms with van der Waals surface area (Å²) in [4.78, 5) is 0. The molecule has 1 aliphatic rings. The van der Waals surface area contributed by atoms with Crippen molar-refractivity contribution in [2.45, 2.75) is 121 Å². The van der Waals surface area contributed by atoms with E-state index in [1.807, 2.05) is 0 Å². The van der Waals surface area contributed by atoms with Crippen LogP contribution in [0.4, 0.5) is 0 Å². The van der Waals surface area contributed by atoms with Crippen LogP contribution in [0.1, 0.15) is 96.8 Å². The predicted octanol–water partition coefficient (Wildman–Crippen LogP) is 5.85. The number of hydrogen-bond acceptors (Lipinski definition) is 5. The number of methoxy groups -OCH3 is 2. The van der Waals surface area contributed by atoms with Crippen LogP contribution in [0.2, 0.25) is 0 Å². The number of terminal acetylenes is 1. The van der Waals surface area contributed by atoms with Gasteiger partial charge in [0.05, 0.1) is 24.4 Å². The highest BCUT2D eigenvalue weighted by Crippen LogP contribution is 2.30. The van der Waals surface area contributed by atoms with Gasteiger partial charge in [0.25, 0.3) is 0 Å². The molecular formula is C25H46O5. The molecular weight excluding hydrogens is 380 g/mol. The average Bonchev–Trinajstić information content (AvgIpc) is 3.24. The van der Waals surface area contributed by atoms with Gasteiger partial charge in [-0.3, -0.25) is 0 Å². The third-order valence-corrected chi connectivity index (χ3v) is 5.88. The SMILES string of the molecule is C#CC[C@@H](OCOC)[C@H]1CC[C@H]([C@@H](CCCCCCCCCCCC)OCOC)O1. The zero-order valence-corrected chi connectivity index (χ0v) is 19.7. The van der Waals surface area contributed by atoms with Crippen LogP contribution in [0.5, 0.6) is 0 Å². The van der Waals surface area contributed by atoms with Crippen LogP contribution in [0.25, 0.3) is 0 Å². The van der Waals surface area contributed by atoms with E-state index in [0.717, 1.165) is 19.3 Å². The standard InChI is InChI=1S/C25H46O5/c1-5-7-8-9-10-11-12-13-14-15-17-23(29-21-27-4)25-19-18-24(30-25)22(16-6-2)28-20-26-3/h2,22-25H,5,7-21H2,1,3-4H3/t22-,23-,24-,25-/m1/s1. The van der Waals surface area contributed by atoms with Crippen molar-refractivity contribution in [2.24, 2.45) is 0 Å². The molecule has 0 aliphatic carbocycles. The highest BCUT2D eigenvalue weighted by atomic mass is 16.7. The molecule has 1 fully saturated rings. The molecule has 0 unspecified atom stereocenters. The third kappa shape index (κ3) is 12.3. The summed E-state index contributed by atoms with van der Waals surface area (Å²) in [6.07, 6.45) is 22.3. The van der Waals surface area contributed by atoms with Crippen LogP contribution in [-0.2, 0) is 23.7 Å². The summed E-state index contributed by atoms with van der Waals surface area (Å²) < 4.78 is 28.2. The smallest absolute Gasteiger partial charge is 0.146 e. The van der Waals surface area contributed by atoms with Gasteiger partial charge in [0.1, 0.15) is 13.6 Å². The molecule has 176 valence electrons. The molecule has 0 N–H and O–H groups in total. The Morgan fingerprint density at radius 2 is 1.30 bits per heavy atom. The van der Waals surface area contributed by atoms with Gasteiger partial charge in [0.15, 0.2) is 0 Å². The van der Waals surface area contributed by atoms with Gasteiger partial charge in [-0.2, -0.15) is 0 Å². The molecule has 0 saturated carbocycles. The first-order valence-electron chi connectivity index (χ1n) is 12.1. The van der Waals surface area contributed by atoms with E-state index in [0.29, 0.717) is 13.2 Å². The van der Waals surface area contributed by atoms with Crippen molar-refractivity contribution in [3.8, 4) is 12.3 Å². The maximum Gasteiger partial charge on any atom is 0.146 e. The van der Waals surface area contributed by atoms with Crippen molar-refractivity contribution < 1.29 is 23.7 Å². The first-order valence-corrected chi connectivity index (χ1v) is 12.1. The fraction of sp³-hybridized carbons (Fsp3) is 0.920. The Morgan fingerprint density at radius 3 is 1.83 bits per heavy atom. The first kappa shape index (κ1) is 27.4. The minimum atomic E-state index is -0.125. The lowest BCUT2D eigenvalue weighted by atomic mass is 10.0. The van der Waals surface area contributed by atoms with Gasteiger partial charge >= 0.3 is 0 Å². The minimum absolute atomic E-state index is 0.00236. The fourth-order valence-corrected chi connectivity index (χ4v) is 4.17. The molecule has 0 aromatic rings. The molecule has 4 atom stereocenters. The third-order valence-electron chi connectivity index (χ3n) is 5.88. The minimum Gasteiger partial charge on any atom is -0.370 e. The molecule has 1 rings (SSSR count). The van der Waals surface area contributed by atoms with Gasteiger partial charge in [-0.1, -0.05) is 71.1 Å². The van der Waals surface area contributed by atoms with Crippen LogP contribution in [0, 0.1) is 12.3 Å². The van der Waals surface area contributed by atoms with E-state index in [-0.39, 0.29) is 31.2 Å². The van der Waals surface area contributed by atoms with Crippen LogP contribution < -0.4 is 0 Å². The van der Waals surface area contributed by atoms with Crippen LogP contribution in [-0.4, -0.2) is 52.2 Å². The summed E-state index contributed by atoms with van der Waals surface area (Å²) in [6, 6.07) is 0. The van der Waals surface area contributed by atoms with Crippen LogP contribution in [0.15, 0.2) is 0 Å². The quantitative estimate of drug-likeness (QED) is 0.139. The molecule has 5 heteroatoms. The molecule has 1 saturated heterocycles. The van der Waals surface area contributed by atoms with E-state index in [4.69, 9.17) is 30.1 Å². The molecule has 0 radical (unpaired) electrons. The van der Waals surface area contributed by atoms with E-state index in [1.165, 1.54) is 64.2 Å². The highest BCUT2D eigenvalue weighted by Gasteiger charge is 2.36. The van der Waals surface area contributed by atoms with Gasteiger partial charge in [-0.25, -0.2) is 0 Å². The maximum absolute atomic E-state index is 6.32. The van der Waals surface area contributed by atoms with Crippen molar-refractivity contribution >= 4 is 0 Å². The fourth-order valence-electron chi connectivity index (χ4n) is 4.17. The average molecular weight is 427 g/mol. The van der Waals surface area contributed by atoms with Crippen LogP contribution in [0.3, 0.4) is 0 Å². The summed E-state index contributed by atoms with van der Waals surface area (Å²) in [7, 11) is 3.28. The molecule has 1 heterocycles. The van der Waals surface area contributed by atoms with Crippen molar-refractivity contribution in [1.29, 1.82) is 0 Å². The summed E-state index contributed by atoms with van der Waals surface area (Å²) in [6.45, 7) is 2.81. The van der Waals surface area contributed by atoms with Crippen molar-refractivity contribution in [1.82, 2.24) is 0 Å². The summed E-state index contributed by atoms with van der Waals surface area (Å²) in [5.41, 5.74) is 0. The first-order chi connectivity index (χ1) is 14.8. The second kappa shape index (κ2) is 19.1. The summed E-state index contributed by atoms with van der Waals surface area (Å²) >= 11 is 0. The monoisotopic (exact) mass is 426 g/mol. The van der Waals surface area contributed by atoms with E-state index in [1.54, 1.807) is 14.2 Å². The number of unbranched alkanes of at least 4 members (excludes halogenated alkanes) is 9. The van der Waals surface area contributed by atoms with Crippen LogP contribution >= 0.6 is 0 Å². The number of rotatable bonds is 20. The highest BCUT2D eigenvalue weighted by molar-refractivity contribution is 4.93. The molecule has 0 amide bonds. The lowest BCUT2D eigenvalue weighted by Gasteiger charge is -2.26. The van der Waals surface area contributed by atoms with Gasteiger partial charge in [0.2, 0.25) is 0 Å². The largest absolute Gasteiger partial charge is 0.370 e. The van der Waals surface area contributed by atoms with Gasteiger partial charge in [-0.15, -0.1) is 12.3 Å². The van der Waals surface area contributed by atoms with E-state index in [9.17, 15) is 0 Å². The predicted molar refractivity (Wildman–Crippen MR) is 121 cm³/mol. The Bertz CT molecular complexity index is 422. The maximum atomic E-state index is 6.32. The molecule has 0 aromatic carbocycles. The lowest BCUT2D eigenvalue weighted by Crippen LogP contribution is -2.34. The molecule has 0 aromatic heterocycles. The Hall–Kier alpha value is -0.640. The van der Waals surface area contributed by atoms with Crippen molar-refractivity contribution in [2.75, 3.05) is 27.8 Å². The summed E-state index contributed by atoms with van der Waals surface area (Å²) in [5.74, 6) is 2.69. The molecule has 0 spiro atoms. The Labute approximate surface area is 185 Å². The molecule has 0 bridgehead atoms. The Balaban J connectivity index is 2.29. The lowest BCUT2D eigenvalue weighted by molar-refractivity contribution is -0.156.